The van der Waals surface area contributed by atoms with Crippen LogP contribution < -0.4 is 5.32 Å². The van der Waals surface area contributed by atoms with Crippen LogP contribution in [-0.4, -0.2) is 12.1 Å². The summed E-state index contributed by atoms with van der Waals surface area (Å²) in [6, 6.07) is 1.78. The van der Waals surface area contributed by atoms with Gasteiger partial charge in [-0.15, -0.1) is 12.4 Å². The number of hydrogen-bond acceptors (Lipinski definition) is 1. The van der Waals surface area contributed by atoms with Gasteiger partial charge in [0.1, 0.15) is 0 Å². The summed E-state index contributed by atoms with van der Waals surface area (Å²) in [6.45, 7) is 0. The van der Waals surface area contributed by atoms with Crippen molar-refractivity contribution in [1.29, 1.82) is 0 Å². The van der Waals surface area contributed by atoms with E-state index in [1.807, 2.05) is 0 Å². The molecule has 2 rings (SSSR count). The highest BCUT2D eigenvalue weighted by Gasteiger charge is 2.22. The number of nitrogens with one attached hydrogen (secondary N) is 1. The van der Waals surface area contributed by atoms with E-state index in [1.54, 1.807) is 0 Å². The highest BCUT2D eigenvalue weighted by molar-refractivity contribution is 5.85. The lowest BCUT2D eigenvalue weighted by Crippen LogP contribution is -2.40. The Labute approximate surface area is 75.4 Å². The maximum absolute atomic E-state index is 3.72. The number of piperidine rings is 1. The molecule has 1 nitrogen and oxygen atoms in total. The molecule has 2 aliphatic rings. The van der Waals surface area contributed by atoms with Crippen molar-refractivity contribution in [3.8, 4) is 0 Å². The van der Waals surface area contributed by atoms with Gasteiger partial charge in [0.05, 0.1) is 0 Å². The minimum Gasteiger partial charge on any atom is -0.311 e. The van der Waals surface area contributed by atoms with Crippen molar-refractivity contribution in [3.63, 3.8) is 0 Å². The Bertz CT molecular complexity index is 104. The zero-order chi connectivity index (χ0) is 6.81. The van der Waals surface area contributed by atoms with E-state index in [-0.39, 0.29) is 12.4 Å². The van der Waals surface area contributed by atoms with Crippen LogP contribution in [0, 0.1) is 0 Å². The van der Waals surface area contributed by atoms with E-state index < -0.39 is 0 Å². The molecule has 0 saturated carbocycles. The Morgan fingerprint density at radius 2 is 1.18 bits per heavy atom. The molecule has 1 N–H and O–H groups in total. The number of fused-ring (bicyclic) bond motifs is 2. The summed E-state index contributed by atoms with van der Waals surface area (Å²) in [5, 5.41) is 3.72. The third-order valence-electron chi connectivity index (χ3n) is 2.93. The first-order chi connectivity index (χ1) is 4.95. The van der Waals surface area contributed by atoms with E-state index in [1.165, 1.54) is 44.9 Å². The van der Waals surface area contributed by atoms with Gasteiger partial charge in [-0.2, -0.15) is 0 Å². The van der Waals surface area contributed by atoms with Gasteiger partial charge in [0, 0.05) is 12.1 Å². The van der Waals surface area contributed by atoms with Crippen LogP contribution in [-0.2, 0) is 0 Å². The number of halogens is 1. The lowest BCUT2D eigenvalue weighted by atomic mass is 9.98. The van der Waals surface area contributed by atoms with Crippen molar-refractivity contribution in [1.82, 2.24) is 5.32 Å². The molecule has 2 heterocycles. The molecule has 2 unspecified atom stereocenters. The topological polar surface area (TPSA) is 12.0 Å². The van der Waals surface area contributed by atoms with Gasteiger partial charge in [-0.05, 0) is 25.7 Å². The molecular weight excluding hydrogens is 158 g/mol. The maximum Gasteiger partial charge on any atom is 0.00696 e. The van der Waals surface area contributed by atoms with Crippen LogP contribution in [0.3, 0.4) is 0 Å². The van der Waals surface area contributed by atoms with Crippen LogP contribution in [0.25, 0.3) is 0 Å². The van der Waals surface area contributed by atoms with Gasteiger partial charge < -0.3 is 5.32 Å². The summed E-state index contributed by atoms with van der Waals surface area (Å²) >= 11 is 0. The molecule has 0 aromatic rings. The Balaban J connectivity index is 0.000000605. The van der Waals surface area contributed by atoms with Crippen molar-refractivity contribution in [2.45, 2.75) is 57.0 Å². The Morgan fingerprint density at radius 1 is 0.727 bits per heavy atom. The predicted octanol–water partition coefficient (Wildman–Crippen LogP) is 2.49. The molecule has 11 heavy (non-hydrogen) atoms. The smallest absolute Gasteiger partial charge is 0.00696 e. The molecule has 2 bridgehead atoms. The molecule has 2 atom stereocenters. The summed E-state index contributed by atoms with van der Waals surface area (Å²) in [6.07, 6.45) is 10.2. The standard InChI is InChI=1S/C9H17N.ClH/c1-2-5-9-7-3-6-8(4-1)10-9;/h8-10H,1-7H2;1H. The summed E-state index contributed by atoms with van der Waals surface area (Å²) < 4.78 is 0. The molecule has 0 spiro atoms. The van der Waals surface area contributed by atoms with E-state index >= 15 is 0 Å². The quantitative estimate of drug-likeness (QED) is 0.597. The largest absolute Gasteiger partial charge is 0.311 e. The Morgan fingerprint density at radius 3 is 1.73 bits per heavy atom. The number of rotatable bonds is 0. The first-order valence-corrected chi connectivity index (χ1v) is 4.71. The summed E-state index contributed by atoms with van der Waals surface area (Å²) in [4.78, 5) is 0. The van der Waals surface area contributed by atoms with Crippen LogP contribution in [0.5, 0.6) is 0 Å². The maximum atomic E-state index is 3.72. The summed E-state index contributed by atoms with van der Waals surface area (Å²) in [7, 11) is 0. The average molecular weight is 176 g/mol. The number of hydrogen-bond donors (Lipinski definition) is 1. The van der Waals surface area contributed by atoms with Crippen molar-refractivity contribution in [2.24, 2.45) is 0 Å². The zero-order valence-corrected chi connectivity index (χ0v) is 7.83. The summed E-state index contributed by atoms with van der Waals surface area (Å²) in [5.74, 6) is 0. The third-order valence-corrected chi connectivity index (χ3v) is 2.93. The minimum atomic E-state index is 0. The molecule has 2 heteroatoms. The van der Waals surface area contributed by atoms with Crippen LogP contribution in [0.15, 0.2) is 0 Å². The van der Waals surface area contributed by atoms with Gasteiger partial charge in [-0.3, -0.25) is 0 Å². The SMILES string of the molecule is C1CCC2CCCC(C1)N2.Cl. The van der Waals surface area contributed by atoms with Crippen LogP contribution in [0.1, 0.15) is 44.9 Å². The highest BCUT2D eigenvalue weighted by atomic mass is 35.5. The second-order valence-electron chi connectivity index (χ2n) is 3.78. The Kier molecular flexibility index (Phi) is 3.67. The van der Waals surface area contributed by atoms with E-state index in [0.29, 0.717) is 0 Å². The monoisotopic (exact) mass is 175 g/mol. The van der Waals surface area contributed by atoms with E-state index in [4.69, 9.17) is 0 Å². The second kappa shape index (κ2) is 4.32. The molecule has 2 saturated heterocycles. The van der Waals surface area contributed by atoms with Gasteiger partial charge in [0.2, 0.25) is 0 Å². The van der Waals surface area contributed by atoms with Crippen molar-refractivity contribution in [2.75, 3.05) is 0 Å². The second-order valence-corrected chi connectivity index (χ2v) is 3.78. The van der Waals surface area contributed by atoms with Crippen molar-refractivity contribution in [3.05, 3.63) is 0 Å². The van der Waals surface area contributed by atoms with Crippen LogP contribution >= 0.6 is 12.4 Å². The third kappa shape index (κ3) is 2.34. The molecule has 0 aromatic heterocycles. The van der Waals surface area contributed by atoms with Gasteiger partial charge in [-0.25, -0.2) is 0 Å². The van der Waals surface area contributed by atoms with Crippen molar-refractivity contribution < 1.29 is 0 Å². The lowest BCUT2D eigenvalue weighted by Gasteiger charge is -2.27. The molecule has 0 radical (unpaired) electrons. The first-order valence-electron chi connectivity index (χ1n) is 4.71. The molecule has 0 aromatic carbocycles. The lowest BCUT2D eigenvalue weighted by molar-refractivity contribution is 0.324. The van der Waals surface area contributed by atoms with Gasteiger partial charge in [0.15, 0.2) is 0 Å². The molecule has 2 fully saturated rings. The molecular formula is C9H18ClN. The first kappa shape index (κ1) is 9.34. The fourth-order valence-electron chi connectivity index (χ4n) is 2.35. The highest BCUT2D eigenvalue weighted by Crippen LogP contribution is 2.23. The fraction of sp³-hybridized carbons (Fsp3) is 1.00. The minimum absolute atomic E-state index is 0. The molecule has 2 aliphatic heterocycles. The molecule has 0 aliphatic carbocycles. The van der Waals surface area contributed by atoms with Crippen molar-refractivity contribution >= 4 is 12.4 Å². The van der Waals surface area contributed by atoms with E-state index in [2.05, 4.69) is 5.32 Å². The van der Waals surface area contributed by atoms with Crippen LogP contribution in [0.4, 0.5) is 0 Å². The zero-order valence-electron chi connectivity index (χ0n) is 7.01. The normalized spacial score (nSPS) is 37.1. The van der Waals surface area contributed by atoms with Gasteiger partial charge >= 0.3 is 0 Å². The average Bonchev–Trinajstić information content (AvgIpc) is 2.12. The molecule has 0 amide bonds. The summed E-state index contributed by atoms with van der Waals surface area (Å²) in [5.41, 5.74) is 0. The van der Waals surface area contributed by atoms with E-state index in [0.717, 1.165) is 12.1 Å². The van der Waals surface area contributed by atoms with Gasteiger partial charge in [0.25, 0.3) is 0 Å². The van der Waals surface area contributed by atoms with E-state index in [9.17, 15) is 0 Å². The van der Waals surface area contributed by atoms with Gasteiger partial charge in [-0.1, -0.05) is 19.3 Å². The predicted molar refractivity (Wildman–Crippen MR) is 50.3 cm³/mol. The fourth-order valence-corrected chi connectivity index (χ4v) is 2.35. The molecule has 66 valence electrons. The Hall–Kier alpha value is 0.250. The van der Waals surface area contributed by atoms with Crippen LogP contribution in [0.2, 0.25) is 0 Å².